The average Bonchev–Trinajstić information content (AvgIpc) is 3.05. The maximum absolute atomic E-state index is 12.9. The summed E-state index contributed by atoms with van der Waals surface area (Å²) >= 11 is 0. The molecule has 2 aromatic rings. The summed E-state index contributed by atoms with van der Waals surface area (Å²) < 4.78 is 18.1. The van der Waals surface area contributed by atoms with Crippen molar-refractivity contribution < 1.29 is 28.3 Å². The number of carbonyl (C=O) groups is 4. The Kier molecular flexibility index (Phi) is 6.01. The van der Waals surface area contributed by atoms with E-state index in [0.29, 0.717) is 11.3 Å². The molecule has 0 saturated carbocycles. The van der Waals surface area contributed by atoms with Gasteiger partial charge in [-0.3, -0.25) is 19.3 Å². The van der Waals surface area contributed by atoms with Crippen molar-refractivity contribution in [2.45, 2.75) is 32.4 Å². The Morgan fingerprint density at radius 1 is 1.10 bits per heavy atom. The van der Waals surface area contributed by atoms with Crippen molar-refractivity contribution in [3.63, 3.8) is 0 Å². The molecule has 2 aromatic carbocycles. The Hall–Kier alpha value is -3.55. The van der Waals surface area contributed by atoms with Crippen LogP contribution < -0.4 is 10.2 Å². The van der Waals surface area contributed by atoms with Gasteiger partial charge >= 0.3 is 5.97 Å². The zero-order valence-electron chi connectivity index (χ0n) is 15.7. The first-order chi connectivity index (χ1) is 13.8. The fourth-order valence-electron chi connectivity index (χ4n) is 2.85. The minimum absolute atomic E-state index is 0.119. The lowest BCUT2D eigenvalue weighted by Crippen LogP contribution is -2.35. The number of nitrogens with one attached hydrogen (secondary N) is 1. The van der Waals surface area contributed by atoms with E-state index >= 15 is 0 Å². The number of imide groups is 1. The van der Waals surface area contributed by atoms with E-state index < -0.39 is 18.0 Å². The summed E-state index contributed by atoms with van der Waals surface area (Å²) in [6.45, 7) is 1.59. The van der Waals surface area contributed by atoms with Gasteiger partial charge in [0.15, 0.2) is 6.10 Å². The summed E-state index contributed by atoms with van der Waals surface area (Å²) in [6.07, 6.45) is -0.793. The third-order valence-corrected chi connectivity index (χ3v) is 4.42. The maximum atomic E-state index is 12.9. The number of amides is 3. The van der Waals surface area contributed by atoms with Gasteiger partial charge in [0, 0.05) is 19.4 Å². The van der Waals surface area contributed by atoms with Gasteiger partial charge in [-0.05, 0) is 42.8 Å². The average molecular weight is 398 g/mol. The molecule has 0 aromatic heterocycles. The molecule has 7 nitrogen and oxygen atoms in total. The predicted molar refractivity (Wildman–Crippen MR) is 101 cm³/mol. The van der Waals surface area contributed by atoms with E-state index in [1.807, 2.05) is 0 Å². The van der Waals surface area contributed by atoms with E-state index in [-0.39, 0.29) is 42.6 Å². The standard InChI is InChI=1S/C21H19FN2O5/c1-13(20(27)23-12-14-5-7-16(22)8-6-14)29-21(28)15-3-2-4-17(11-15)24-18(25)9-10-19(24)26/h2-8,11,13H,9-10,12H2,1H3,(H,23,27)/t13-/m1/s1. The molecule has 8 heteroatoms. The molecule has 1 saturated heterocycles. The monoisotopic (exact) mass is 398 g/mol. The van der Waals surface area contributed by atoms with Crippen molar-refractivity contribution in [1.82, 2.24) is 5.32 Å². The fraction of sp³-hybridized carbons (Fsp3) is 0.238. The van der Waals surface area contributed by atoms with Gasteiger partial charge in [0.2, 0.25) is 11.8 Å². The van der Waals surface area contributed by atoms with Gasteiger partial charge < -0.3 is 10.1 Å². The van der Waals surface area contributed by atoms with Gasteiger partial charge in [-0.1, -0.05) is 18.2 Å². The zero-order valence-corrected chi connectivity index (χ0v) is 15.7. The van der Waals surface area contributed by atoms with Crippen molar-refractivity contribution >= 4 is 29.4 Å². The summed E-state index contributed by atoms with van der Waals surface area (Å²) in [5.41, 5.74) is 1.11. The number of hydrogen-bond donors (Lipinski definition) is 1. The Morgan fingerprint density at radius 3 is 2.41 bits per heavy atom. The molecule has 0 aliphatic carbocycles. The van der Waals surface area contributed by atoms with Crippen molar-refractivity contribution in [3.8, 4) is 0 Å². The van der Waals surface area contributed by atoms with Gasteiger partial charge in [-0.2, -0.15) is 0 Å². The number of hydrogen-bond acceptors (Lipinski definition) is 5. The van der Waals surface area contributed by atoms with Crippen molar-refractivity contribution in [2.24, 2.45) is 0 Å². The molecule has 3 amide bonds. The van der Waals surface area contributed by atoms with E-state index in [9.17, 15) is 23.6 Å². The van der Waals surface area contributed by atoms with Crippen LogP contribution in [0.15, 0.2) is 48.5 Å². The van der Waals surface area contributed by atoms with Crippen LogP contribution in [0, 0.1) is 5.82 Å². The summed E-state index contributed by atoms with van der Waals surface area (Å²) in [5.74, 6) is -2.29. The van der Waals surface area contributed by atoms with Gasteiger partial charge in [0.1, 0.15) is 5.82 Å². The van der Waals surface area contributed by atoms with Crippen molar-refractivity contribution in [1.29, 1.82) is 0 Å². The highest BCUT2D eigenvalue weighted by Gasteiger charge is 2.30. The van der Waals surface area contributed by atoms with Crippen LogP contribution in [0.25, 0.3) is 0 Å². The quantitative estimate of drug-likeness (QED) is 0.596. The van der Waals surface area contributed by atoms with Crippen LogP contribution in [-0.2, 0) is 25.7 Å². The molecule has 150 valence electrons. The number of carbonyl (C=O) groups excluding carboxylic acids is 4. The Balaban J connectivity index is 1.59. The highest BCUT2D eigenvalue weighted by Crippen LogP contribution is 2.23. The summed E-state index contributed by atoms with van der Waals surface area (Å²) in [6, 6.07) is 11.6. The number of esters is 1. The zero-order chi connectivity index (χ0) is 21.0. The lowest BCUT2D eigenvalue weighted by atomic mass is 10.2. The van der Waals surface area contributed by atoms with E-state index in [1.54, 1.807) is 18.2 Å². The number of ether oxygens (including phenoxy) is 1. The lowest BCUT2D eigenvalue weighted by molar-refractivity contribution is -0.129. The topological polar surface area (TPSA) is 92.8 Å². The molecule has 3 rings (SSSR count). The second-order valence-electron chi connectivity index (χ2n) is 6.57. The highest BCUT2D eigenvalue weighted by molar-refractivity contribution is 6.20. The van der Waals surface area contributed by atoms with E-state index in [1.165, 1.54) is 37.3 Å². The molecular weight excluding hydrogens is 379 g/mol. The highest BCUT2D eigenvalue weighted by atomic mass is 19.1. The molecule has 1 heterocycles. The lowest BCUT2D eigenvalue weighted by Gasteiger charge is -2.16. The number of halogens is 1. The second-order valence-corrected chi connectivity index (χ2v) is 6.57. The van der Waals surface area contributed by atoms with Crippen LogP contribution in [0.5, 0.6) is 0 Å². The molecule has 0 radical (unpaired) electrons. The molecule has 0 unspecified atom stereocenters. The third-order valence-electron chi connectivity index (χ3n) is 4.42. The molecule has 1 aliphatic heterocycles. The number of rotatable bonds is 6. The van der Waals surface area contributed by atoms with Gasteiger partial charge in [-0.15, -0.1) is 0 Å². The summed E-state index contributed by atoms with van der Waals surface area (Å²) in [4.78, 5) is 49.3. The summed E-state index contributed by atoms with van der Waals surface area (Å²) in [7, 11) is 0. The largest absolute Gasteiger partial charge is 0.449 e. The molecule has 1 aliphatic rings. The van der Waals surface area contributed by atoms with Gasteiger partial charge in [0.25, 0.3) is 5.91 Å². The van der Waals surface area contributed by atoms with Crippen LogP contribution in [0.4, 0.5) is 10.1 Å². The number of nitrogens with zero attached hydrogens (tertiary/aromatic N) is 1. The molecule has 0 bridgehead atoms. The first-order valence-electron chi connectivity index (χ1n) is 9.04. The second kappa shape index (κ2) is 8.64. The van der Waals surface area contributed by atoms with Crippen molar-refractivity contribution in [3.05, 3.63) is 65.5 Å². The minimum atomic E-state index is -1.07. The van der Waals surface area contributed by atoms with E-state index in [2.05, 4.69) is 5.32 Å². The normalized spacial score (nSPS) is 14.6. The maximum Gasteiger partial charge on any atom is 0.338 e. The number of anilines is 1. The van der Waals surface area contributed by atoms with Crippen LogP contribution in [0.3, 0.4) is 0 Å². The SMILES string of the molecule is C[C@@H](OC(=O)c1cccc(N2C(=O)CCC2=O)c1)C(=O)NCc1ccc(F)cc1. The van der Waals surface area contributed by atoms with Crippen LogP contribution in [-0.4, -0.2) is 29.8 Å². The Bertz CT molecular complexity index is 942. The van der Waals surface area contributed by atoms with E-state index in [0.717, 1.165) is 4.90 Å². The summed E-state index contributed by atoms with van der Waals surface area (Å²) in [5, 5.41) is 2.61. The molecular formula is C21H19FN2O5. The minimum Gasteiger partial charge on any atom is -0.449 e. The van der Waals surface area contributed by atoms with E-state index in [4.69, 9.17) is 4.74 Å². The molecule has 1 fully saturated rings. The van der Waals surface area contributed by atoms with Crippen molar-refractivity contribution in [2.75, 3.05) is 4.90 Å². The first-order valence-corrected chi connectivity index (χ1v) is 9.04. The predicted octanol–water partition coefficient (Wildman–Crippen LogP) is 2.34. The van der Waals surface area contributed by atoms with Gasteiger partial charge in [0.05, 0.1) is 11.3 Å². The molecule has 1 atom stereocenters. The molecule has 1 N–H and O–H groups in total. The van der Waals surface area contributed by atoms with Crippen LogP contribution in [0.2, 0.25) is 0 Å². The fourth-order valence-corrected chi connectivity index (χ4v) is 2.85. The molecule has 29 heavy (non-hydrogen) atoms. The Morgan fingerprint density at radius 2 is 1.76 bits per heavy atom. The third kappa shape index (κ3) is 4.84. The van der Waals surface area contributed by atoms with Crippen LogP contribution in [0.1, 0.15) is 35.7 Å². The molecule has 0 spiro atoms. The number of benzene rings is 2. The van der Waals surface area contributed by atoms with Crippen LogP contribution >= 0.6 is 0 Å². The van der Waals surface area contributed by atoms with Gasteiger partial charge in [-0.25, -0.2) is 9.18 Å². The smallest absolute Gasteiger partial charge is 0.338 e. The Labute approximate surface area is 166 Å². The first kappa shape index (κ1) is 20.2.